The zero-order valence-corrected chi connectivity index (χ0v) is 24.8. The first-order chi connectivity index (χ1) is 18.0. The normalized spacial score (nSPS) is 39.2. The van der Waals surface area contributed by atoms with Gasteiger partial charge in [-0.25, -0.2) is 0 Å². The maximum Gasteiger partial charge on any atom is 0.308 e. The highest BCUT2D eigenvalue weighted by molar-refractivity contribution is 5.95. The van der Waals surface area contributed by atoms with E-state index in [2.05, 4.69) is 32.9 Å². The quantitative estimate of drug-likeness (QED) is 0.321. The molecule has 7 nitrogen and oxygen atoms in total. The number of rotatable bonds is 7. The summed E-state index contributed by atoms with van der Waals surface area (Å²) in [6.07, 6.45) is 8.80. The van der Waals surface area contributed by atoms with E-state index in [0.29, 0.717) is 12.8 Å². The second-order valence-corrected chi connectivity index (χ2v) is 14.0. The van der Waals surface area contributed by atoms with Crippen LogP contribution in [0.3, 0.4) is 0 Å². The van der Waals surface area contributed by atoms with Crippen LogP contribution >= 0.6 is 0 Å². The molecule has 8 atom stereocenters. The number of esters is 2. The number of carboxylic acids is 1. The van der Waals surface area contributed by atoms with Gasteiger partial charge in [-0.1, -0.05) is 66.2 Å². The molecule has 4 aliphatic carbocycles. The van der Waals surface area contributed by atoms with Crippen LogP contribution in [0.15, 0.2) is 23.8 Å². The molecular weight excluding hydrogens is 496 g/mol. The van der Waals surface area contributed by atoms with Gasteiger partial charge in [0.15, 0.2) is 5.78 Å². The number of carbonyl (C=O) groups is 4. The van der Waals surface area contributed by atoms with Crippen molar-refractivity contribution in [2.24, 2.45) is 51.2 Å². The summed E-state index contributed by atoms with van der Waals surface area (Å²) in [7, 11) is 0. The fraction of sp³-hybridized carbons (Fsp3) is 0.750. The molecule has 0 saturated heterocycles. The molecule has 0 heterocycles. The summed E-state index contributed by atoms with van der Waals surface area (Å²) in [4.78, 5) is 49.9. The summed E-state index contributed by atoms with van der Waals surface area (Å²) in [5, 5.41) is 10.3. The van der Waals surface area contributed by atoms with Gasteiger partial charge in [0.1, 0.15) is 6.10 Å². The minimum absolute atomic E-state index is 0.0227. The molecule has 0 aliphatic heterocycles. The molecule has 7 heteroatoms. The van der Waals surface area contributed by atoms with Gasteiger partial charge in [-0.3, -0.25) is 19.2 Å². The first kappa shape index (κ1) is 29.5. The number of carboxylic acid groups (broad SMARTS) is 1. The van der Waals surface area contributed by atoms with Gasteiger partial charge in [0.05, 0.1) is 18.4 Å². The number of hydrogen-bond acceptors (Lipinski definition) is 6. The Bertz CT molecular complexity index is 1120. The molecule has 2 saturated carbocycles. The van der Waals surface area contributed by atoms with Gasteiger partial charge in [-0.15, -0.1) is 0 Å². The topological polar surface area (TPSA) is 107 Å². The van der Waals surface area contributed by atoms with Gasteiger partial charge in [-0.05, 0) is 66.8 Å². The van der Waals surface area contributed by atoms with E-state index in [1.54, 1.807) is 19.9 Å². The monoisotopic (exact) mass is 542 g/mol. The van der Waals surface area contributed by atoms with Crippen LogP contribution in [0.1, 0.15) is 87.5 Å². The predicted octanol–water partition coefficient (Wildman–Crippen LogP) is 5.77. The lowest BCUT2D eigenvalue weighted by Gasteiger charge is -2.66. The van der Waals surface area contributed by atoms with E-state index in [9.17, 15) is 24.3 Å². The van der Waals surface area contributed by atoms with Gasteiger partial charge in [0.25, 0.3) is 0 Å². The van der Waals surface area contributed by atoms with Crippen LogP contribution in [-0.4, -0.2) is 41.5 Å². The van der Waals surface area contributed by atoms with E-state index >= 15 is 0 Å². The molecule has 4 aliphatic rings. The summed E-state index contributed by atoms with van der Waals surface area (Å²) >= 11 is 0. The lowest BCUT2D eigenvalue weighted by molar-refractivity contribution is -0.188. The number of ether oxygens (including phenoxy) is 2. The van der Waals surface area contributed by atoms with Gasteiger partial charge >= 0.3 is 17.9 Å². The first-order valence-corrected chi connectivity index (χ1v) is 14.5. The van der Waals surface area contributed by atoms with Crippen molar-refractivity contribution < 1.29 is 33.8 Å². The fourth-order valence-electron chi connectivity index (χ4n) is 9.21. The summed E-state index contributed by atoms with van der Waals surface area (Å²) in [6, 6.07) is 0. The lowest BCUT2D eigenvalue weighted by Crippen LogP contribution is -2.64. The highest BCUT2D eigenvalue weighted by Crippen LogP contribution is 2.72. The second kappa shape index (κ2) is 9.88. The van der Waals surface area contributed by atoms with Crippen LogP contribution in [0.5, 0.6) is 0 Å². The Morgan fingerprint density at radius 3 is 2.36 bits per heavy atom. The van der Waals surface area contributed by atoms with Gasteiger partial charge in [0.2, 0.25) is 0 Å². The molecule has 2 fully saturated rings. The van der Waals surface area contributed by atoms with Crippen LogP contribution in [0.25, 0.3) is 0 Å². The van der Waals surface area contributed by atoms with E-state index in [1.165, 1.54) is 12.5 Å². The Labute approximate surface area is 232 Å². The first-order valence-electron chi connectivity index (χ1n) is 14.5. The summed E-state index contributed by atoms with van der Waals surface area (Å²) in [5.41, 5.74) is -0.525. The number of fused-ring (bicyclic) bond motifs is 5. The smallest absolute Gasteiger partial charge is 0.308 e. The second-order valence-electron chi connectivity index (χ2n) is 14.0. The maximum absolute atomic E-state index is 13.0. The molecule has 216 valence electrons. The number of carbonyl (C=O) groups excluding carboxylic acids is 3. The molecule has 0 radical (unpaired) electrons. The Kier molecular flexibility index (Phi) is 7.48. The Balaban J connectivity index is 1.71. The largest absolute Gasteiger partial charge is 0.481 e. The average Bonchev–Trinajstić information content (AvgIpc) is 3.18. The molecule has 4 rings (SSSR count). The molecule has 0 unspecified atom stereocenters. The predicted molar refractivity (Wildman–Crippen MR) is 146 cm³/mol. The summed E-state index contributed by atoms with van der Waals surface area (Å²) in [6.45, 7) is 15.7. The third kappa shape index (κ3) is 4.48. The van der Waals surface area contributed by atoms with E-state index in [4.69, 9.17) is 9.47 Å². The minimum Gasteiger partial charge on any atom is -0.481 e. The standard InChI is InChI=1S/C32H46O7/c1-18(2)28(37)38-16-13-20(27(35)36)21-9-10-22-30(21,6)14-11-23-31(7)15-12-25(34)29(4,5)24(31)17-26(32(22,23)8)39-19(3)33/h10,12,15,18,20-21,23-24,26H,9,11,13-14,16-17H2,1-8H3,(H,35,36)/t20-,21-,23+,24-,26+,30-,31+,32-/m0/s1. The fourth-order valence-corrected chi connectivity index (χ4v) is 9.21. The molecule has 1 N–H and O–H groups in total. The Hall–Kier alpha value is -2.44. The van der Waals surface area contributed by atoms with Crippen LogP contribution < -0.4 is 0 Å². The highest BCUT2D eigenvalue weighted by Gasteiger charge is 2.68. The number of allylic oxidation sites excluding steroid dienone is 3. The van der Waals surface area contributed by atoms with Crippen LogP contribution in [0.4, 0.5) is 0 Å². The number of aliphatic carboxylic acids is 1. The van der Waals surface area contributed by atoms with E-state index in [1.807, 2.05) is 13.8 Å². The zero-order valence-electron chi connectivity index (χ0n) is 24.8. The van der Waals surface area contributed by atoms with E-state index in [0.717, 1.165) is 12.8 Å². The molecule has 0 aromatic rings. The minimum atomic E-state index is -0.869. The van der Waals surface area contributed by atoms with Crippen molar-refractivity contribution in [3.05, 3.63) is 23.8 Å². The average molecular weight is 543 g/mol. The van der Waals surface area contributed by atoms with Gasteiger partial charge in [-0.2, -0.15) is 0 Å². The number of ketones is 1. The van der Waals surface area contributed by atoms with Crippen molar-refractivity contribution in [2.75, 3.05) is 6.61 Å². The lowest BCUT2D eigenvalue weighted by atomic mass is 9.38. The molecule has 39 heavy (non-hydrogen) atoms. The van der Waals surface area contributed by atoms with Crippen molar-refractivity contribution in [2.45, 2.75) is 93.6 Å². The molecule has 0 spiro atoms. The SMILES string of the molecule is CC(=O)O[C@@H]1C[C@H]2C(C)(C)C(=O)C=C[C@]2(C)[C@H]2CC[C@]3(C)C(=CC[C@H]3[C@H](CCOC(=O)C(C)C)C(=O)O)[C@@]21C. The Morgan fingerprint density at radius 2 is 1.77 bits per heavy atom. The van der Waals surface area contributed by atoms with Gasteiger partial charge in [0, 0.05) is 17.8 Å². The van der Waals surface area contributed by atoms with Crippen molar-refractivity contribution in [3.63, 3.8) is 0 Å². The van der Waals surface area contributed by atoms with Crippen LogP contribution in [0, 0.1) is 51.2 Å². The van der Waals surface area contributed by atoms with Crippen molar-refractivity contribution in [1.29, 1.82) is 0 Å². The third-order valence-corrected chi connectivity index (χ3v) is 11.2. The zero-order chi connectivity index (χ0) is 29.1. The van der Waals surface area contributed by atoms with E-state index < -0.39 is 28.8 Å². The van der Waals surface area contributed by atoms with E-state index in [-0.39, 0.29) is 65.3 Å². The molecule has 0 amide bonds. The molecule has 0 bridgehead atoms. The summed E-state index contributed by atoms with van der Waals surface area (Å²) in [5.74, 6) is -2.33. The van der Waals surface area contributed by atoms with Crippen molar-refractivity contribution in [3.8, 4) is 0 Å². The highest BCUT2D eigenvalue weighted by atomic mass is 16.5. The van der Waals surface area contributed by atoms with Gasteiger partial charge < -0.3 is 14.6 Å². The number of hydrogen-bond donors (Lipinski definition) is 1. The van der Waals surface area contributed by atoms with Crippen LogP contribution in [-0.2, 0) is 28.7 Å². The molecule has 0 aromatic carbocycles. The van der Waals surface area contributed by atoms with Crippen molar-refractivity contribution in [1.82, 2.24) is 0 Å². The Morgan fingerprint density at radius 1 is 1.10 bits per heavy atom. The summed E-state index contributed by atoms with van der Waals surface area (Å²) < 4.78 is 11.5. The van der Waals surface area contributed by atoms with Crippen molar-refractivity contribution >= 4 is 23.7 Å². The third-order valence-electron chi connectivity index (χ3n) is 11.2. The molecular formula is C32H46O7. The maximum atomic E-state index is 13.0. The van der Waals surface area contributed by atoms with Crippen LogP contribution in [0.2, 0.25) is 0 Å². The molecule has 0 aromatic heterocycles.